The molecule has 0 amide bonds. The molecular weight excluding hydrogens is 204 g/mol. The van der Waals surface area contributed by atoms with Crippen molar-refractivity contribution in [2.24, 2.45) is 5.92 Å². The van der Waals surface area contributed by atoms with Crippen LogP contribution in [0.3, 0.4) is 0 Å². The summed E-state index contributed by atoms with van der Waals surface area (Å²) in [6.45, 7) is 4.67. The first-order valence-electron chi connectivity index (χ1n) is 6.39. The molecule has 1 aliphatic heterocycles. The fraction of sp³-hybridized carbons (Fsp3) is 0.917. The molecule has 0 radical (unpaired) electrons. The van der Waals surface area contributed by atoms with Gasteiger partial charge < -0.3 is 10.4 Å². The Morgan fingerprint density at radius 3 is 2.81 bits per heavy atom. The van der Waals surface area contributed by atoms with E-state index in [9.17, 15) is 9.90 Å². The average Bonchev–Trinajstić information content (AvgIpc) is 2.29. The van der Waals surface area contributed by atoms with E-state index in [0.717, 1.165) is 13.1 Å². The number of carboxylic acids is 1. The molecule has 3 atom stereocenters. The van der Waals surface area contributed by atoms with Gasteiger partial charge in [0.25, 0.3) is 0 Å². The minimum absolute atomic E-state index is 0.320. The predicted molar refractivity (Wildman–Crippen MR) is 62.4 cm³/mol. The van der Waals surface area contributed by atoms with E-state index in [4.69, 9.17) is 0 Å². The van der Waals surface area contributed by atoms with E-state index in [1.807, 2.05) is 0 Å². The van der Waals surface area contributed by atoms with Gasteiger partial charge in [0, 0.05) is 25.7 Å². The van der Waals surface area contributed by atoms with E-state index < -0.39 is 5.97 Å². The number of carbonyl (C=O) groups is 1. The summed E-state index contributed by atoms with van der Waals surface area (Å²) >= 11 is 0. The highest BCUT2D eigenvalue weighted by atomic mass is 16.4. The Balaban J connectivity index is 2.06. The number of rotatable bonds is 2. The summed E-state index contributed by atoms with van der Waals surface area (Å²) in [5, 5.41) is 12.4. The maximum atomic E-state index is 11.2. The zero-order chi connectivity index (χ0) is 11.5. The minimum atomic E-state index is -0.676. The van der Waals surface area contributed by atoms with Crippen molar-refractivity contribution in [1.29, 1.82) is 0 Å². The van der Waals surface area contributed by atoms with E-state index in [2.05, 4.69) is 17.1 Å². The fourth-order valence-electron chi connectivity index (χ4n) is 3.14. The summed E-state index contributed by atoms with van der Waals surface area (Å²) in [6, 6.07) is 0.163. The van der Waals surface area contributed by atoms with Gasteiger partial charge in [0.05, 0.1) is 0 Å². The van der Waals surface area contributed by atoms with Gasteiger partial charge in [-0.15, -0.1) is 0 Å². The zero-order valence-electron chi connectivity index (χ0n) is 9.98. The summed E-state index contributed by atoms with van der Waals surface area (Å²) in [5.41, 5.74) is 0. The van der Waals surface area contributed by atoms with Gasteiger partial charge in [-0.25, -0.2) is 0 Å². The molecule has 3 unspecified atom stereocenters. The van der Waals surface area contributed by atoms with Gasteiger partial charge in [0.1, 0.15) is 6.04 Å². The topological polar surface area (TPSA) is 52.6 Å². The second-order valence-corrected chi connectivity index (χ2v) is 5.13. The Hall–Kier alpha value is -0.610. The summed E-state index contributed by atoms with van der Waals surface area (Å²) < 4.78 is 0. The molecule has 2 fully saturated rings. The molecule has 1 saturated carbocycles. The first kappa shape index (κ1) is 11.9. The molecule has 1 heterocycles. The summed E-state index contributed by atoms with van der Waals surface area (Å²) in [6.07, 6.45) is 4.98. The Labute approximate surface area is 97.0 Å². The molecule has 2 rings (SSSR count). The summed E-state index contributed by atoms with van der Waals surface area (Å²) in [5.74, 6) is -0.0290. The molecule has 92 valence electrons. The van der Waals surface area contributed by atoms with Gasteiger partial charge in [-0.2, -0.15) is 0 Å². The number of hydrogen-bond acceptors (Lipinski definition) is 3. The number of piperazine rings is 1. The first-order chi connectivity index (χ1) is 7.70. The van der Waals surface area contributed by atoms with Crippen molar-refractivity contribution in [2.75, 3.05) is 19.6 Å². The molecule has 1 saturated heterocycles. The fourth-order valence-corrected chi connectivity index (χ4v) is 3.14. The van der Waals surface area contributed by atoms with Crippen LogP contribution in [0.2, 0.25) is 0 Å². The molecule has 1 aliphatic carbocycles. The Kier molecular flexibility index (Phi) is 3.82. The maximum absolute atomic E-state index is 11.2. The molecule has 0 aromatic rings. The van der Waals surface area contributed by atoms with Gasteiger partial charge in [0.2, 0.25) is 0 Å². The quantitative estimate of drug-likeness (QED) is 0.735. The molecule has 4 nitrogen and oxygen atoms in total. The smallest absolute Gasteiger partial charge is 0.322 e. The number of hydrogen-bond donors (Lipinski definition) is 2. The average molecular weight is 226 g/mol. The molecule has 4 heteroatoms. The van der Waals surface area contributed by atoms with E-state index in [1.165, 1.54) is 25.7 Å². The van der Waals surface area contributed by atoms with Gasteiger partial charge in [-0.3, -0.25) is 9.69 Å². The Morgan fingerprint density at radius 1 is 1.38 bits per heavy atom. The second kappa shape index (κ2) is 5.15. The number of nitrogens with zero attached hydrogens (tertiary/aromatic N) is 1. The van der Waals surface area contributed by atoms with Gasteiger partial charge >= 0.3 is 5.97 Å². The molecular formula is C12H22N2O2. The molecule has 2 aliphatic rings. The number of nitrogens with one attached hydrogen (secondary N) is 1. The van der Waals surface area contributed by atoms with Crippen LogP contribution in [0.25, 0.3) is 0 Å². The highest BCUT2D eigenvalue weighted by Gasteiger charge is 2.36. The molecule has 0 aromatic carbocycles. The van der Waals surface area contributed by atoms with Crippen molar-refractivity contribution >= 4 is 5.97 Å². The van der Waals surface area contributed by atoms with Crippen LogP contribution in [0.1, 0.15) is 32.6 Å². The lowest BCUT2D eigenvalue weighted by Gasteiger charge is -2.44. The van der Waals surface area contributed by atoms with E-state index in [0.29, 0.717) is 18.5 Å². The lowest BCUT2D eigenvalue weighted by atomic mass is 9.84. The van der Waals surface area contributed by atoms with Crippen molar-refractivity contribution in [3.8, 4) is 0 Å². The van der Waals surface area contributed by atoms with E-state index in [1.54, 1.807) is 0 Å². The second-order valence-electron chi connectivity index (χ2n) is 5.13. The van der Waals surface area contributed by atoms with Crippen LogP contribution in [-0.2, 0) is 4.79 Å². The van der Waals surface area contributed by atoms with E-state index >= 15 is 0 Å². The van der Waals surface area contributed by atoms with Crippen LogP contribution >= 0.6 is 0 Å². The van der Waals surface area contributed by atoms with Crippen molar-refractivity contribution in [3.63, 3.8) is 0 Å². The monoisotopic (exact) mass is 226 g/mol. The van der Waals surface area contributed by atoms with Gasteiger partial charge in [-0.05, 0) is 18.8 Å². The van der Waals surface area contributed by atoms with Gasteiger partial charge in [-0.1, -0.05) is 19.8 Å². The standard InChI is InChI=1S/C12H22N2O2/c1-9-4-2-3-5-10(9)14-7-6-13-8-11(14)12(15)16/h9-11,13H,2-8H2,1H3,(H,15,16). The third kappa shape index (κ3) is 2.38. The number of aliphatic carboxylic acids is 1. The molecule has 0 spiro atoms. The SMILES string of the molecule is CC1CCCCC1N1CCNCC1C(=O)O. The minimum Gasteiger partial charge on any atom is -0.480 e. The summed E-state index contributed by atoms with van der Waals surface area (Å²) in [4.78, 5) is 13.5. The van der Waals surface area contributed by atoms with Crippen LogP contribution in [0.5, 0.6) is 0 Å². The zero-order valence-corrected chi connectivity index (χ0v) is 9.98. The lowest BCUT2D eigenvalue weighted by Crippen LogP contribution is -2.60. The highest BCUT2D eigenvalue weighted by molar-refractivity contribution is 5.74. The molecule has 16 heavy (non-hydrogen) atoms. The van der Waals surface area contributed by atoms with Crippen molar-refractivity contribution < 1.29 is 9.90 Å². The van der Waals surface area contributed by atoms with Crippen molar-refractivity contribution in [2.45, 2.75) is 44.7 Å². The van der Waals surface area contributed by atoms with Crippen molar-refractivity contribution in [1.82, 2.24) is 10.2 Å². The van der Waals surface area contributed by atoms with Crippen LogP contribution in [0.4, 0.5) is 0 Å². The highest BCUT2D eigenvalue weighted by Crippen LogP contribution is 2.29. The van der Waals surface area contributed by atoms with Crippen LogP contribution < -0.4 is 5.32 Å². The third-order valence-electron chi connectivity index (χ3n) is 4.06. The third-order valence-corrected chi connectivity index (χ3v) is 4.06. The summed E-state index contributed by atoms with van der Waals surface area (Å²) in [7, 11) is 0. The Bertz CT molecular complexity index is 257. The Morgan fingerprint density at radius 2 is 2.12 bits per heavy atom. The van der Waals surface area contributed by atoms with E-state index in [-0.39, 0.29) is 6.04 Å². The largest absolute Gasteiger partial charge is 0.480 e. The first-order valence-corrected chi connectivity index (χ1v) is 6.39. The van der Waals surface area contributed by atoms with Crippen LogP contribution in [0, 0.1) is 5.92 Å². The van der Waals surface area contributed by atoms with Crippen molar-refractivity contribution in [3.05, 3.63) is 0 Å². The molecule has 0 bridgehead atoms. The molecule has 0 aromatic heterocycles. The normalized spacial score (nSPS) is 37.2. The van der Waals surface area contributed by atoms with Crippen LogP contribution in [-0.4, -0.2) is 47.7 Å². The predicted octanol–water partition coefficient (Wildman–Crippen LogP) is 0.923. The molecule has 2 N–H and O–H groups in total. The maximum Gasteiger partial charge on any atom is 0.322 e. The number of carboxylic acid groups (broad SMARTS) is 1. The lowest BCUT2D eigenvalue weighted by molar-refractivity contribution is -0.146. The van der Waals surface area contributed by atoms with Crippen LogP contribution in [0.15, 0.2) is 0 Å². The van der Waals surface area contributed by atoms with Gasteiger partial charge in [0.15, 0.2) is 0 Å².